The molecule has 0 fully saturated rings. The maximum absolute atomic E-state index is 12.4. The lowest BCUT2D eigenvalue weighted by Gasteiger charge is -2.03. The maximum atomic E-state index is 12.4. The third-order valence-electron chi connectivity index (χ3n) is 4.14. The summed E-state index contributed by atoms with van der Waals surface area (Å²) in [5, 5.41) is 2.70. The molecule has 0 bridgehead atoms. The lowest BCUT2D eigenvalue weighted by Crippen LogP contribution is -2.09. The number of methoxy groups -OCH3 is 1. The predicted molar refractivity (Wildman–Crippen MR) is 102 cm³/mol. The Morgan fingerprint density at radius 2 is 1.68 bits per heavy atom. The highest BCUT2D eigenvalue weighted by Gasteiger charge is 2.04. The number of benzene rings is 3. The minimum atomic E-state index is -0.134. The van der Waals surface area contributed by atoms with Crippen molar-refractivity contribution in [3.05, 3.63) is 82.4 Å². The Hall–Kier alpha value is -3.40. The van der Waals surface area contributed by atoms with Gasteiger partial charge in [-0.15, -0.1) is 0 Å². The van der Waals surface area contributed by atoms with Crippen molar-refractivity contribution in [3.63, 3.8) is 0 Å². The first kappa shape index (κ1) is 15.1. The molecule has 0 aliphatic heterocycles. The van der Waals surface area contributed by atoms with E-state index in [1.165, 1.54) is 0 Å². The highest BCUT2D eigenvalue weighted by Crippen LogP contribution is 2.19. The van der Waals surface area contributed by atoms with E-state index in [-0.39, 0.29) is 5.56 Å². The van der Waals surface area contributed by atoms with Crippen LogP contribution in [0.5, 0.6) is 5.75 Å². The molecule has 0 radical (unpaired) electrons. The molecule has 122 valence electrons. The number of H-pyrrole nitrogens is 1. The summed E-state index contributed by atoms with van der Waals surface area (Å²) in [7, 11) is 1.64. The predicted octanol–water partition coefficient (Wildman–Crippen LogP) is 4.26. The number of hydrogen-bond donors (Lipinski definition) is 1. The average Bonchev–Trinajstić information content (AvgIpc) is 2.65. The number of rotatable bonds is 3. The average molecular weight is 328 g/mol. The number of aromatic amines is 1. The van der Waals surface area contributed by atoms with Gasteiger partial charge in [-0.1, -0.05) is 42.5 Å². The zero-order chi connectivity index (χ0) is 17.2. The Bertz CT molecular complexity index is 1140. The summed E-state index contributed by atoms with van der Waals surface area (Å²) >= 11 is 0. The van der Waals surface area contributed by atoms with Gasteiger partial charge < -0.3 is 9.72 Å². The second kappa shape index (κ2) is 6.24. The Kier molecular flexibility index (Phi) is 3.78. The second-order valence-corrected chi connectivity index (χ2v) is 5.77. The fraction of sp³-hybridized carbons (Fsp3) is 0.0476. The van der Waals surface area contributed by atoms with Crippen LogP contribution < -0.4 is 10.3 Å². The van der Waals surface area contributed by atoms with Crippen LogP contribution in [0.3, 0.4) is 0 Å². The van der Waals surface area contributed by atoms with Crippen LogP contribution in [0, 0.1) is 0 Å². The van der Waals surface area contributed by atoms with Gasteiger partial charge in [0.25, 0.3) is 5.56 Å². The lowest BCUT2D eigenvalue weighted by atomic mass is 10.1. The molecular weight excluding hydrogens is 312 g/mol. The van der Waals surface area contributed by atoms with Crippen molar-refractivity contribution >= 4 is 33.8 Å². The molecule has 0 spiro atoms. The van der Waals surface area contributed by atoms with Crippen molar-refractivity contribution in [2.24, 2.45) is 0 Å². The van der Waals surface area contributed by atoms with Crippen molar-refractivity contribution in [3.8, 4) is 5.75 Å². The van der Waals surface area contributed by atoms with Gasteiger partial charge in [0.2, 0.25) is 0 Å². The molecule has 0 atom stereocenters. The zero-order valence-electron chi connectivity index (χ0n) is 13.7. The molecule has 4 rings (SSSR count). The molecule has 0 unspecified atom stereocenters. The van der Waals surface area contributed by atoms with Crippen LogP contribution in [0.2, 0.25) is 0 Å². The smallest absolute Gasteiger partial charge is 0.259 e. The molecule has 0 saturated carbocycles. The van der Waals surface area contributed by atoms with Crippen LogP contribution in [0.4, 0.5) is 0 Å². The molecule has 1 N–H and O–H groups in total. The van der Waals surface area contributed by atoms with Crippen molar-refractivity contribution in [1.29, 1.82) is 0 Å². The van der Waals surface area contributed by atoms with Crippen LogP contribution in [0.25, 0.3) is 33.8 Å². The van der Waals surface area contributed by atoms with Gasteiger partial charge in [-0.2, -0.15) is 0 Å². The topological polar surface area (TPSA) is 55.0 Å². The first-order chi connectivity index (χ1) is 12.2. The van der Waals surface area contributed by atoms with E-state index in [2.05, 4.69) is 9.97 Å². The van der Waals surface area contributed by atoms with Crippen LogP contribution in [0.15, 0.2) is 65.5 Å². The standard InChI is InChI=1S/C21H16N2O2/c1-25-17-9-6-14(7-10-17)8-11-20-22-19-13-16-5-3-2-4-15(16)12-18(19)21(24)23-20/h2-13H,1H3,(H,22,23,24). The molecule has 0 aliphatic rings. The van der Waals surface area contributed by atoms with Crippen LogP contribution in [-0.2, 0) is 0 Å². The third kappa shape index (κ3) is 3.02. The SMILES string of the molecule is COc1ccc(C=Cc2nc3cc4ccccc4cc3c(=O)[nH]2)cc1. The quantitative estimate of drug-likeness (QED) is 0.572. The summed E-state index contributed by atoms with van der Waals surface area (Å²) in [4.78, 5) is 19.8. The normalized spacial score (nSPS) is 11.4. The van der Waals surface area contributed by atoms with E-state index in [1.54, 1.807) is 13.2 Å². The molecule has 0 amide bonds. The molecule has 4 nitrogen and oxygen atoms in total. The first-order valence-electron chi connectivity index (χ1n) is 7.98. The van der Waals surface area contributed by atoms with Gasteiger partial charge in [0, 0.05) is 0 Å². The fourth-order valence-corrected chi connectivity index (χ4v) is 2.81. The molecule has 4 aromatic rings. The summed E-state index contributed by atoms with van der Waals surface area (Å²) in [6.07, 6.45) is 3.71. The lowest BCUT2D eigenvalue weighted by molar-refractivity contribution is 0.415. The number of fused-ring (bicyclic) bond motifs is 2. The van der Waals surface area contributed by atoms with Gasteiger partial charge in [-0.25, -0.2) is 4.98 Å². The van der Waals surface area contributed by atoms with Gasteiger partial charge in [-0.3, -0.25) is 4.79 Å². The number of ether oxygens (including phenoxy) is 1. The Labute approximate surface area is 144 Å². The van der Waals surface area contributed by atoms with Gasteiger partial charge in [0.15, 0.2) is 0 Å². The van der Waals surface area contributed by atoms with Crippen molar-refractivity contribution in [1.82, 2.24) is 9.97 Å². The second-order valence-electron chi connectivity index (χ2n) is 5.77. The van der Waals surface area contributed by atoms with E-state index in [0.29, 0.717) is 16.7 Å². The molecular formula is C21H16N2O2. The van der Waals surface area contributed by atoms with Crippen LogP contribution in [0.1, 0.15) is 11.4 Å². The zero-order valence-corrected chi connectivity index (χ0v) is 13.7. The van der Waals surface area contributed by atoms with Gasteiger partial charge in [0.1, 0.15) is 11.6 Å². The van der Waals surface area contributed by atoms with Crippen molar-refractivity contribution < 1.29 is 4.74 Å². The van der Waals surface area contributed by atoms with E-state index in [1.807, 2.05) is 66.7 Å². The number of hydrogen-bond acceptors (Lipinski definition) is 3. The molecule has 3 aromatic carbocycles. The highest BCUT2D eigenvalue weighted by atomic mass is 16.5. The van der Waals surface area contributed by atoms with E-state index in [9.17, 15) is 4.79 Å². The summed E-state index contributed by atoms with van der Waals surface area (Å²) in [5.41, 5.74) is 1.56. The largest absolute Gasteiger partial charge is 0.497 e. The molecule has 0 saturated heterocycles. The van der Waals surface area contributed by atoms with E-state index < -0.39 is 0 Å². The number of aromatic nitrogens is 2. The molecule has 1 heterocycles. The van der Waals surface area contributed by atoms with Gasteiger partial charge in [0.05, 0.1) is 18.0 Å². The Morgan fingerprint density at radius 1 is 0.960 bits per heavy atom. The summed E-state index contributed by atoms with van der Waals surface area (Å²) in [6.45, 7) is 0. The minimum absolute atomic E-state index is 0.134. The molecule has 1 aromatic heterocycles. The Morgan fingerprint density at radius 3 is 2.40 bits per heavy atom. The first-order valence-corrected chi connectivity index (χ1v) is 7.98. The van der Waals surface area contributed by atoms with Crippen LogP contribution in [-0.4, -0.2) is 17.1 Å². The summed E-state index contributed by atoms with van der Waals surface area (Å²) in [5.74, 6) is 1.34. The number of nitrogens with zero attached hydrogens (tertiary/aromatic N) is 1. The maximum Gasteiger partial charge on any atom is 0.259 e. The van der Waals surface area contributed by atoms with E-state index in [4.69, 9.17) is 4.74 Å². The molecule has 25 heavy (non-hydrogen) atoms. The highest BCUT2D eigenvalue weighted by molar-refractivity contribution is 5.96. The van der Waals surface area contributed by atoms with Crippen LogP contribution >= 0.6 is 0 Å². The summed E-state index contributed by atoms with van der Waals surface area (Å²) in [6, 6.07) is 19.5. The number of nitrogens with one attached hydrogen (secondary N) is 1. The van der Waals surface area contributed by atoms with Gasteiger partial charge >= 0.3 is 0 Å². The van der Waals surface area contributed by atoms with Crippen molar-refractivity contribution in [2.45, 2.75) is 0 Å². The fourth-order valence-electron chi connectivity index (χ4n) is 2.81. The van der Waals surface area contributed by atoms with E-state index >= 15 is 0 Å². The monoisotopic (exact) mass is 328 g/mol. The summed E-state index contributed by atoms with van der Waals surface area (Å²) < 4.78 is 5.15. The van der Waals surface area contributed by atoms with E-state index in [0.717, 1.165) is 22.1 Å². The molecule has 0 aliphatic carbocycles. The van der Waals surface area contributed by atoms with Crippen molar-refractivity contribution in [2.75, 3.05) is 7.11 Å². The third-order valence-corrected chi connectivity index (χ3v) is 4.14. The Balaban J connectivity index is 1.75. The van der Waals surface area contributed by atoms with Gasteiger partial charge in [-0.05, 0) is 46.7 Å². The molecule has 4 heteroatoms. The minimum Gasteiger partial charge on any atom is -0.497 e.